The van der Waals surface area contributed by atoms with Gasteiger partial charge >= 0.3 is 5.97 Å². The first-order valence-electron chi connectivity index (χ1n) is 14.9. The van der Waals surface area contributed by atoms with Crippen LogP contribution in [0.25, 0.3) is 0 Å². The molecule has 0 aromatic heterocycles. The number of piperidine rings is 1. The number of anilines is 1. The second kappa shape index (κ2) is 16.1. The lowest BCUT2D eigenvalue weighted by Crippen LogP contribution is -2.42. The number of likely N-dealkylation sites (tertiary alicyclic amines) is 1. The molecule has 1 aliphatic rings. The number of hydrogen-bond acceptors (Lipinski definition) is 7. The number of aromatic hydroxyl groups is 1. The van der Waals surface area contributed by atoms with E-state index < -0.39 is 11.6 Å². The molecule has 8 nitrogen and oxygen atoms in total. The van der Waals surface area contributed by atoms with Gasteiger partial charge in [0.1, 0.15) is 22.9 Å². The van der Waals surface area contributed by atoms with Crippen LogP contribution in [0, 0.1) is 5.82 Å². The van der Waals surface area contributed by atoms with Crippen LogP contribution >= 0.6 is 11.6 Å². The number of esters is 1. The number of nitrogens with one attached hydrogen (secondary N) is 1. The molecule has 0 aliphatic carbocycles. The van der Waals surface area contributed by atoms with Crippen molar-refractivity contribution in [2.45, 2.75) is 38.2 Å². The topological polar surface area (TPSA) is 116 Å². The predicted octanol–water partition coefficient (Wildman–Crippen LogP) is 7.00. The van der Waals surface area contributed by atoms with E-state index in [2.05, 4.69) is 10.2 Å². The standard InChI is InChI=1S/C21H23ClFNO2.C15H13NO4/c22-18-7-5-17(6-8-18)21(26)11-14-24(15-12-21)13-1-2-20(25)16-3-9-19(23)10-4-16;1-10(17)16-11-6-8-12(9-7-11)20-15(19)13-4-2-3-5-14(13)18/h3-10,26H,1-2,11-15H2;2-9,18H,1H3,(H,16,17). The Morgan fingerprint density at radius 3 is 2.15 bits per heavy atom. The van der Waals surface area contributed by atoms with Crippen LogP contribution < -0.4 is 10.1 Å². The third kappa shape index (κ3) is 9.97. The average Bonchev–Trinajstić information content (AvgIpc) is 3.04. The maximum Gasteiger partial charge on any atom is 0.347 e. The van der Waals surface area contributed by atoms with Crippen molar-refractivity contribution in [3.63, 3.8) is 0 Å². The summed E-state index contributed by atoms with van der Waals surface area (Å²) in [6.07, 6.45) is 2.54. The minimum Gasteiger partial charge on any atom is -0.507 e. The highest BCUT2D eigenvalue weighted by atomic mass is 35.5. The van der Waals surface area contributed by atoms with Gasteiger partial charge in [0.25, 0.3) is 0 Å². The summed E-state index contributed by atoms with van der Waals surface area (Å²) in [5.41, 5.74) is 1.37. The van der Waals surface area contributed by atoms with Gasteiger partial charge in [-0.1, -0.05) is 35.9 Å². The summed E-state index contributed by atoms with van der Waals surface area (Å²) in [6, 6.07) is 25.6. The number of halogens is 2. The lowest BCUT2D eigenvalue weighted by atomic mass is 9.84. The molecule has 240 valence electrons. The van der Waals surface area contributed by atoms with Gasteiger partial charge in [-0.2, -0.15) is 0 Å². The molecule has 4 aromatic rings. The van der Waals surface area contributed by atoms with Gasteiger partial charge in [0, 0.05) is 42.7 Å². The van der Waals surface area contributed by atoms with Crippen molar-refractivity contribution in [2.75, 3.05) is 25.0 Å². The minimum absolute atomic E-state index is 0.0414. The normalized spacial score (nSPS) is 14.0. The maximum absolute atomic E-state index is 12.9. The third-order valence-electron chi connectivity index (χ3n) is 7.62. The molecule has 0 unspecified atom stereocenters. The summed E-state index contributed by atoms with van der Waals surface area (Å²) in [5.74, 6) is -0.915. The molecule has 4 aromatic carbocycles. The monoisotopic (exact) mass is 646 g/mol. The molecule has 0 bridgehead atoms. The van der Waals surface area contributed by atoms with E-state index in [1.54, 1.807) is 36.4 Å². The van der Waals surface area contributed by atoms with E-state index in [9.17, 15) is 29.0 Å². The van der Waals surface area contributed by atoms with Crippen molar-refractivity contribution < 1.29 is 33.7 Å². The van der Waals surface area contributed by atoms with E-state index in [0.29, 0.717) is 41.3 Å². The van der Waals surface area contributed by atoms with Crippen LogP contribution in [0.15, 0.2) is 97.1 Å². The third-order valence-corrected chi connectivity index (χ3v) is 7.87. The van der Waals surface area contributed by atoms with E-state index in [4.69, 9.17) is 16.3 Å². The summed E-state index contributed by atoms with van der Waals surface area (Å²) in [7, 11) is 0. The van der Waals surface area contributed by atoms with Crippen LogP contribution in [0.1, 0.15) is 58.9 Å². The molecular weight excluding hydrogens is 611 g/mol. The highest BCUT2D eigenvalue weighted by molar-refractivity contribution is 6.30. The molecule has 0 saturated carbocycles. The van der Waals surface area contributed by atoms with Gasteiger partial charge in [-0.3, -0.25) is 9.59 Å². The van der Waals surface area contributed by atoms with Gasteiger partial charge in [0.05, 0.1) is 5.60 Å². The van der Waals surface area contributed by atoms with Crippen LogP contribution in [0.3, 0.4) is 0 Å². The minimum atomic E-state index is -0.801. The van der Waals surface area contributed by atoms with Crippen molar-refractivity contribution in [3.8, 4) is 11.5 Å². The molecule has 5 rings (SSSR count). The Balaban J connectivity index is 0.000000216. The Morgan fingerprint density at radius 1 is 0.913 bits per heavy atom. The van der Waals surface area contributed by atoms with Crippen molar-refractivity contribution in [2.24, 2.45) is 0 Å². The molecule has 1 saturated heterocycles. The number of ketones is 1. The van der Waals surface area contributed by atoms with E-state index in [1.165, 1.54) is 43.3 Å². The lowest BCUT2D eigenvalue weighted by molar-refractivity contribution is -0.114. The van der Waals surface area contributed by atoms with E-state index in [-0.39, 0.29) is 28.8 Å². The van der Waals surface area contributed by atoms with E-state index >= 15 is 0 Å². The Bertz CT molecular complexity index is 1620. The van der Waals surface area contributed by atoms with Crippen LogP contribution in [0.4, 0.5) is 10.1 Å². The van der Waals surface area contributed by atoms with Crippen molar-refractivity contribution >= 4 is 34.9 Å². The first kappa shape index (κ1) is 34.3. The van der Waals surface area contributed by atoms with Crippen molar-refractivity contribution in [1.29, 1.82) is 0 Å². The number of carbonyl (C=O) groups excluding carboxylic acids is 3. The Hall–Kier alpha value is -4.57. The number of carbonyl (C=O) groups is 3. The molecule has 3 N–H and O–H groups in total. The quantitative estimate of drug-likeness (QED) is 0.102. The number of nitrogens with zero attached hydrogens (tertiary/aromatic N) is 1. The number of hydrogen-bond donors (Lipinski definition) is 3. The number of aliphatic hydroxyl groups is 1. The Morgan fingerprint density at radius 2 is 1.54 bits per heavy atom. The zero-order valence-electron chi connectivity index (χ0n) is 25.4. The lowest BCUT2D eigenvalue weighted by Gasteiger charge is -2.38. The van der Waals surface area contributed by atoms with Crippen LogP contribution in [0.2, 0.25) is 5.02 Å². The van der Waals surface area contributed by atoms with E-state index in [0.717, 1.165) is 31.6 Å². The highest BCUT2D eigenvalue weighted by Crippen LogP contribution is 2.33. The zero-order valence-corrected chi connectivity index (χ0v) is 26.2. The Labute approximate surface area is 272 Å². The number of phenolic OH excluding ortho intramolecular Hbond substituents is 1. The number of rotatable bonds is 9. The summed E-state index contributed by atoms with van der Waals surface area (Å²) in [4.78, 5) is 37.1. The van der Waals surface area contributed by atoms with Gasteiger partial charge in [0.2, 0.25) is 5.91 Å². The van der Waals surface area contributed by atoms with Gasteiger partial charge in [-0.15, -0.1) is 0 Å². The van der Waals surface area contributed by atoms with E-state index in [1.807, 2.05) is 24.3 Å². The number of para-hydroxylation sites is 1. The molecule has 10 heteroatoms. The van der Waals surface area contributed by atoms with Gasteiger partial charge in [0.15, 0.2) is 5.78 Å². The summed E-state index contributed by atoms with van der Waals surface area (Å²) in [5, 5.41) is 23.7. The molecule has 1 aliphatic heterocycles. The van der Waals surface area contributed by atoms with Crippen molar-refractivity contribution in [1.82, 2.24) is 4.90 Å². The number of amides is 1. The highest BCUT2D eigenvalue weighted by Gasteiger charge is 2.33. The second-order valence-electron chi connectivity index (χ2n) is 11.0. The van der Waals surface area contributed by atoms with Crippen LogP contribution in [-0.2, 0) is 10.4 Å². The first-order valence-corrected chi connectivity index (χ1v) is 15.3. The molecule has 0 atom stereocenters. The predicted molar refractivity (Wildman–Crippen MR) is 175 cm³/mol. The Kier molecular flexibility index (Phi) is 12.0. The SMILES string of the molecule is CC(=O)Nc1ccc(OC(=O)c2ccccc2O)cc1.O=C(CCCN1CCC(O)(c2ccc(Cl)cc2)CC1)c1ccc(F)cc1. The zero-order chi connectivity index (χ0) is 33.1. The van der Waals surface area contributed by atoms with Crippen LogP contribution in [-0.4, -0.2) is 52.4 Å². The molecule has 1 heterocycles. The van der Waals surface area contributed by atoms with Gasteiger partial charge in [-0.05, 0) is 104 Å². The van der Waals surface area contributed by atoms with Gasteiger partial charge in [-0.25, -0.2) is 9.18 Å². The summed E-state index contributed by atoms with van der Waals surface area (Å²) >= 11 is 5.92. The molecule has 1 amide bonds. The maximum atomic E-state index is 12.9. The summed E-state index contributed by atoms with van der Waals surface area (Å²) < 4.78 is 18.0. The second-order valence-corrected chi connectivity index (χ2v) is 11.5. The number of phenols is 1. The average molecular weight is 647 g/mol. The fourth-order valence-corrected chi connectivity index (χ4v) is 5.18. The molecule has 46 heavy (non-hydrogen) atoms. The molecule has 1 fully saturated rings. The van der Waals surface area contributed by atoms with Crippen LogP contribution in [0.5, 0.6) is 11.5 Å². The number of benzene rings is 4. The smallest absolute Gasteiger partial charge is 0.347 e. The molecular formula is C36H36ClFN2O6. The molecule has 0 radical (unpaired) electrons. The number of Topliss-reactive ketones (excluding diaryl/α,β-unsaturated/α-hetero) is 1. The number of ether oxygens (including phenoxy) is 1. The first-order chi connectivity index (χ1) is 22.0. The van der Waals surface area contributed by atoms with Gasteiger partial charge < -0.3 is 25.2 Å². The fraction of sp³-hybridized carbons (Fsp3) is 0.250. The van der Waals surface area contributed by atoms with Crippen molar-refractivity contribution in [3.05, 3.63) is 125 Å². The largest absolute Gasteiger partial charge is 0.507 e. The summed E-state index contributed by atoms with van der Waals surface area (Å²) in [6.45, 7) is 3.82. The molecule has 0 spiro atoms. The fourth-order valence-electron chi connectivity index (χ4n) is 5.06.